The molecule has 1 aliphatic heterocycles. The molecule has 0 aromatic heterocycles. The van der Waals surface area contributed by atoms with Crippen LogP contribution in [0.15, 0.2) is 58.3 Å². The first-order valence-corrected chi connectivity index (χ1v) is 10.0. The third-order valence-electron chi connectivity index (χ3n) is 4.15. The van der Waals surface area contributed by atoms with Crippen molar-refractivity contribution in [2.24, 2.45) is 0 Å². The molecule has 1 aliphatic rings. The van der Waals surface area contributed by atoms with Crippen molar-refractivity contribution in [2.45, 2.75) is 23.6 Å². The number of sulfonamides is 1. The molecule has 0 atom stereocenters. The van der Waals surface area contributed by atoms with E-state index in [4.69, 9.17) is 0 Å². The fourth-order valence-electron chi connectivity index (χ4n) is 3.24. The maximum Gasteiger partial charge on any atom is 0.262 e. The molecule has 0 fully saturated rings. The second kappa shape index (κ2) is 5.61. The van der Waals surface area contributed by atoms with Gasteiger partial charge in [-0.05, 0) is 67.1 Å². The molecule has 0 radical (unpaired) electrons. The van der Waals surface area contributed by atoms with Crippen LogP contribution >= 0.6 is 11.8 Å². The van der Waals surface area contributed by atoms with Gasteiger partial charge in [0.05, 0.1) is 4.90 Å². The molecule has 0 bridgehead atoms. The lowest BCUT2D eigenvalue weighted by atomic mass is 10.1. The molecule has 126 valence electrons. The van der Waals surface area contributed by atoms with Crippen molar-refractivity contribution < 1.29 is 13.2 Å². The van der Waals surface area contributed by atoms with Gasteiger partial charge < -0.3 is 0 Å². The van der Waals surface area contributed by atoms with E-state index in [1.807, 2.05) is 19.9 Å². The van der Waals surface area contributed by atoms with Crippen LogP contribution in [0, 0.1) is 13.8 Å². The number of aryl methyl sites for hydroxylation is 2. The summed E-state index contributed by atoms with van der Waals surface area (Å²) in [5.74, 6) is 0. The summed E-state index contributed by atoms with van der Waals surface area (Å²) in [6.07, 6.45) is 0. The number of anilines is 1. The average Bonchev–Trinajstić information content (AvgIpc) is 2.84. The van der Waals surface area contributed by atoms with Crippen molar-refractivity contribution in [1.82, 2.24) is 0 Å². The van der Waals surface area contributed by atoms with E-state index in [2.05, 4.69) is 4.72 Å². The van der Waals surface area contributed by atoms with Crippen LogP contribution < -0.4 is 4.72 Å². The van der Waals surface area contributed by atoms with E-state index in [0.29, 0.717) is 16.6 Å². The first-order chi connectivity index (χ1) is 11.8. The molecule has 4 rings (SSSR count). The number of hydrogen-bond donors (Lipinski definition) is 1. The normalized spacial score (nSPS) is 13.4. The Kier molecular flexibility index (Phi) is 3.63. The average molecular weight is 369 g/mol. The van der Waals surface area contributed by atoms with Crippen LogP contribution in [0.4, 0.5) is 5.69 Å². The van der Waals surface area contributed by atoms with Gasteiger partial charge in [-0.3, -0.25) is 9.52 Å². The Morgan fingerprint density at radius 1 is 0.960 bits per heavy atom. The van der Waals surface area contributed by atoms with Gasteiger partial charge in [0.1, 0.15) is 0 Å². The number of nitrogens with one attached hydrogen (secondary N) is 1. The van der Waals surface area contributed by atoms with Crippen LogP contribution in [0.1, 0.15) is 21.5 Å². The quantitative estimate of drug-likeness (QED) is 0.738. The molecule has 0 amide bonds. The summed E-state index contributed by atoms with van der Waals surface area (Å²) in [5, 5.41) is 1.25. The van der Waals surface area contributed by atoms with Crippen molar-refractivity contribution in [3.05, 3.63) is 65.2 Å². The molecule has 6 heteroatoms. The number of carbonyl (C=O) groups is 1. The van der Waals surface area contributed by atoms with E-state index in [0.717, 1.165) is 33.2 Å². The third kappa shape index (κ3) is 2.71. The Bertz CT molecular complexity index is 1130. The predicted molar refractivity (Wildman–Crippen MR) is 101 cm³/mol. The van der Waals surface area contributed by atoms with E-state index < -0.39 is 10.0 Å². The Balaban J connectivity index is 1.87. The lowest BCUT2D eigenvalue weighted by molar-refractivity contribution is 0.109. The van der Waals surface area contributed by atoms with E-state index in [1.54, 1.807) is 42.5 Å². The standard InChI is InChI=1S/C19H15NO3S2/c1-11-8-12(2)10-13(9-11)20-25(22,23)17-7-6-16-18-14(17)4-3-5-15(18)19(21)24-16/h3-10,20H,1-2H3. The lowest BCUT2D eigenvalue weighted by Crippen LogP contribution is -2.13. The van der Waals surface area contributed by atoms with Crippen LogP contribution in [0.3, 0.4) is 0 Å². The van der Waals surface area contributed by atoms with Crippen LogP contribution in [0.2, 0.25) is 0 Å². The molecule has 3 aromatic rings. The highest BCUT2D eigenvalue weighted by Crippen LogP contribution is 2.42. The summed E-state index contributed by atoms with van der Waals surface area (Å²) >= 11 is 1.14. The van der Waals surface area contributed by atoms with Gasteiger partial charge in [-0.2, -0.15) is 0 Å². The zero-order valence-electron chi connectivity index (χ0n) is 13.7. The van der Waals surface area contributed by atoms with E-state index in [9.17, 15) is 13.2 Å². The molecule has 0 aliphatic carbocycles. The number of carbonyl (C=O) groups excluding carboxylic acids is 1. The molecule has 0 saturated heterocycles. The maximum atomic E-state index is 13.0. The van der Waals surface area contributed by atoms with E-state index in [-0.39, 0.29) is 10.0 Å². The maximum absolute atomic E-state index is 13.0. The number of hydrogen-bond acceptors (Lipinski definition) is 4. The van der Waals surface area contributed by atoms with Gasteiger partial charge in [0.15, 0.2) is 0 Å². The largest absolute Gasteiger partial charge is 0.281 e. The highest BCUT2D eigenvalue weighted by molar-refractivity contribution is 8.14. The Hall–Kier alpha value is -2.31. The fraction of sp³-hybridized carbons (Fsp3) is 0.105. The van der Waals surface area contributed by atoms with Gasteiger partial charge in [0, 0.05) is 26.9 Å². The van der Waals surface area contributed by atoms with Gasteiger partial charge >= 0.3 is 0 Å². The Labute approximate surface area is 150 Å². The van der Waals surface area contributed by atoms with Crippen LogP contribution in [-0.4, -0.2) is 13.5 Å². The second-order valence-electron chi connectivity index (χ2n) is 6.16. The summed E-state index contributed by atoms with van der Waals surface area (Å²) in [6.45, 7) is 3.85. The van der Waals surface area contributed by atoms with Gasteiger partial charge in [-0.1, -0.05) is 18.2 Å². The summed E-state index contributed by atoms with van der Waals surface area (Å²) in [5.41, 5.74) is 3.08. The number of rotatable bonds is 3. The zero-order valence-corrected chi connectivity index (χ0v) is 15.3. The fourth-order valence-corrected chi connectivity index (χ4v) is 5.42. The summed E-state index contributed by atoms with van der Waals surface area (Å²) in [4.78, 5) is 13.1. The van der Waals surface area contributed by atoms with Crippen LogP contribution in [-0.2, 0) is 10.0 Å². The molecule has 0 saturated carbocycles. The van der Waals surface area contributed by atoms with E-state index in [1.165, 1.54) is 0 Å². The van der Waals surface area contributed by atoms with E-state index >= 15 is 0 Å². The molecule has 3 aromatic carbocycles. The van der Waals surface area contributed by atoms with Crippen molar-refractivity contribution in [3.63, 3.8) is 0 Å². The molecule has 1 N–H and O–H groups in total. The van der Waals surface area contributed by atoms with Crippen molar-refractivity contribution in [1.29, 1.82) is 0 Å². The predicted octanol–water partition coefficient (Wildman–Crippen LogP) is 4.50. The molecular formula is C19H15NO3S2. The highest BCUT2D eigenvalue weighted by Gasteiger charge is 2.27. The summed E-state index contributed by atoms with van der Waals surface area (Å²) < 4.78 is 28.6. The summed E-state index contributed by atoms with van der Waals surface area (Å²) in [7, 11) is -3.77. The van der Waals surface area contributed by atoms with Gasteiger partial charge in [0.2, 0.25) is 5.12 Å². The van der Waals surface area contributed by atoms with Gasteiger partial charge in [0.25, 0.3) is 10.0 Å². The van der Waals surface area contributed by atoms with Crippen LogP contribution in [0.5, 0.6) is 0 Å². The topological polar surface area (TPSA) is 63.2 Å². The highest BCUT2D eigenvalue weighted by atomic mass is 32.2. The molecule has 0 spiro atoms. The SMILES string of the molecule is Cc1cc(C)cc(NS(=O)(=O)c2ccc3c4c(cccc24)C(=O)S3)c1. The third-order valence-corrected chi connectivity index (χ3v) is 6.55. The number of benzene rings is 3. The minimum Gasteiger partial charge on any atom is -0.281 e. The second-order valence-corrected chi connectivity index (χ2v) is 8.83. The minimum atomic E-state index is -3.77. The smallest absolute Gasteiger partial charge is 0.262 e. The summed E-state index contributed by atoms with van der Waals surface area (Å²) in [6, 6.07) is 14.1. The molecular weight excluding hydrogens is 354 g/mol. The Morgan fingerprint density at radius 2 is 1.68 bits per heavy atom. The Morgan fingerprint density at radius 3 is 2.40 bits per heavy atom. The molecule has 0 unspecified atom stereocenters. The zero-order chi connectivity index (χ0) is 17.8. The van der Waals surface area contributed by atoms with Crippen molar-refractivity contribution >= 4 is 43.4 Å². The van der Waals surface area contributed by atoms with Crippen molar-refractivity contribution in [3.8, 4) is 0 Å². The first kappa shape index (κ1) is 16.2. The monoisotopic (exact) mass is 369 g/mol. The molecule has 25 heavy (non-hydrogen) atoms. The molecule has 1 heterocycles. The van der Waals surface area contributed by atoms with Crippen LogP contribution in [0.25, 0.3) is 10.8 Å². The molecule has 4 nitrogen and oxygen atoms in total. The minimum absolute atomic E-state index is 0.0441. The van der Waals surface area contributed by atoms with Gasteiger partial charge in [-0.15, -0.1) is 0 Å². The lowest BCUT2D eigenvalue weighted by Gasteiger charge is -2.12. The van der Waals surface area contributed by atoms with Gasteiger partial charge in [-0.25, -0.2) is 8.42 Å². The number of thioether (sulfide) groups is 1. The first-order valence-electron chi connectivity index (χ1n) is 7.74. The van der Waals surface area contributed by atoms with Crippen molar-refractivity contribution in [2.75, 3.05) is 4.72 Å².